The molecule has 1 aliphatic heterocycles. The van der Waals surface area contributed by atoms with Crippen LogP contribution in [0.5, 0.6) is 0 Å². The fraction of sp³-hybridized carbons (Fsp3) is 0.0833. The van der Waals surface area contributed by atoms with Crippen LogP contribution in [0.1, 0.15) is 19.3 Å². The van der Waals surface area contributed by atoms with Crippen LogP contribution < -0.4 is 47.7 Å². The van der Waals surface area contributed by atoms with Crippen LogP contribution in [0.3, 0.4) is 0 Å². The van der Waals surface area contributed by atoms with Crippen LogP contribution in [0, 0.1) is 0 Å². The third-order valence-corrected chi connectivity index (χ3v) is 17.9. The van der Waals surface area contributed by atoms with Gasteiger partial charge >= 0.3 is 27.7 Å². The number of benzene rings is 9. The van der Waals surface area contributed by atoms with Gasteiger partial charge in [0.15, 0.2) is 0 Å². The predicted molar refractivity (Wildman–Crippen MR) is 292 cm³/mol. The molecule has 1 amide bonds. The van der Waals surface area contributed by atoms with Crippen molar-refractivity contribution >= 4 is 87.4 Å². The summed E-state index contributed by atoms with van der Waals surface area (Å²) in [6.45, 7) is 1.84. The zero-order valence-electron chi connectivity index (χ0n) is 37.4. The fourth-order valence-electron chi connectivity index (χ4n) is 7.52. The van der Waals surface area contributed by atoms with Gasteiger partial charge < -0.3 is 9.69 Å². The van der Waals surface area contributed by atoms with Gasteiger partial charge in [-0.2, -0.15) is 6.41 Å². The Morgan fingerprint density at radius 1 is 0.284 bits per heavy atom. The molecule has 0 aliphatic carbocycles. The third kappa shape index (κ3) is 16.5. The summed E-state index contributed by atoms with van der Waals surface area (Å²) in [5, 5.41) is 12.6. The van der Waals surface area contributed by atoms with E-state index in [-0.39, 0.29) is 0 Å². The van der Waals surface area contributed by atoms with E-state index in [0.717, 1.165) is 25.9 Å². The van der Waals surface area contributed by atoms with Crippen molar-refractivity contribution in [3.63, 3.8) is 0 Å². The number of amides is 1. The molecule has 1 saturated heterocycles. The SMILES string of the molecule is O=[C-]N1CCCCC1.[Cl][Pd+].c1ccc(P(c2ccccc2)c2ccccc2)cc1.c1ccc(P(c2ccccc2)c2ccccc2)cc1.c1ccc(P(c2ccccc2)c2ccccc2)cc1. The average molecular weight is 1040 g/mol. The Kier molecular flexibility index (Phi) is 23.0. The van der Waals surface area contributed by atoms with Gasteiger partial charge in [0, 0.05) is 0 Å². The smallest absolute Gasteiger partial charge is 0.0134 e. The van der Waals surface area contributed by atoms with Gasteiger partial charge in [0.25, 0.3) is 0 Å². The summed E-state index contributed by atoms with van der Waals surface area (Å²) in [4.78, 5) is 11.7. The van der Waals surface area contributed by atoms with E-state index in [1.807, 2.05) is 6.41 Å². The molecule has 2 nitrogen and oxygen atoms in total. The number of hydrogen-bond donors (Lipinski definition) is 0. The maximum absolute atomic E-state index is 9.96. The fourth-order valence-corrected chi connectivity index (χ4v) is 14.4. The molecular weight excluding hydrogens is 985 g/mol. The Labute approximate surface area is 417 Å². The minimum absolute atomic E-state index is 0.446. The first-order valence-corrected chi connectivity index (χ1v) is 28.4. The first-order chi connectivity index (χ1) is 33.3. The predicted octanol–water partition coefficient (Wildman–Crippen LogP) is 11.6. The number of carbonyl (C=O) groups excluding carboxylic acids is 1. The molecule has 0 saturated carbocycles. The van der Waals surface area contributed by atoms with Crippen LogP contribution in [0.2, 0.25) is 0 Å². The summed E-state index contributed by atoms with van der Waals surface area (Å²) in [6, 6.07) is 97.0. The van der Waals surface area contributed by atoms with Crippen molar-refractivity contribution in [2.45, 2.75) is 19.3 Å². The van der Waals surface area contributed by atoms with Crippen molar-refractivity contribution in [2.75, 3.05) is 13.1 Å². The number of rotatable bonds is 10. The van der Waals surface area contributed by atoms with Crippen molar-refractivity contribution in [1.29, 1.82) is 0 Å². The molecule has 67 heavy (non-hydrogen) atoms. The largest absolute Gasteiger partial charge is 0.0622 e. The molecule has 10 rings (SSSR count). The summed E-state index contributed by atoms with van der Waals surface area (Å²) in [5.74, 6) is 0. The van der Waals surface area contributed by atoms with Crippen molar-refractivity contribution in [3.8, 4) is 0 Å². The summed E-state index contributed by atoms with van der Waals surface area (Å²) >= 11 is 2.22. The first kappa shape index (κ1) is 51.1. The number of piperidine rings is 1. The summed E-state index contributed by atoms with van der Waals surface area (Å²) in [7, 11) is 3.15. The van der Waals surface area contributed by atoms with Gasteiger partial charge in [0.2, 0.25) is 0 Å². The second kappa shape index (κ2) is 30.1. The molecule has 0 radical (unpaired) electrons. The van der Waals surface area contributed by atoms with Gasteiger partial charge in [0.05, 0.1) is 0 Å². The molecule has 1 aliphatic rings. The van der Waals surface area contributed by atoms with Crippen molar-refractivity contribution in [2.24, 2.45) is 0 Å². The number of nitrogens with zero attached hydrogens (tertiary/aromatic N) is 1. The molecule has 0 unspecified atom stereocenters. The van der Waals surface area contributed by atoms with E-state index in [9.17, 15) is 4.79 Å². The van der Waals surface area contributed by atoms with E-state index in [4.69, 9.17) is 0 Å². The molecule has 0 N–H and O–H groups in total. The monoisotopic (exact) mass is 1040 g/mol. The van der Waals surface area contributed by atoms with Crippen LogP contribution in [0.25, 0.3) is 0 Å². The number of halogens is 1. The van der Waals surface area contributed by atoms with Gasteiger partial charge in [-0.1, -0.05) is 279 Å². The Morgan fingerprint density at radius 3 is 0.552 bits per heavy atom. The van der Waals surface area contributed by atoms with Crippen LogP contribution in [0.4, 0.5) is 0 Å². The van der Waals surface area contributed by atoms with Crippen LogP contribution in [-0.2, 0) is 23.0 Å². The summed E-state index contributed by atoms with van der Waals surface area (Å²) in [6.07, 6.45) is 5.49. The molecule has 1 heterocycles. The number of hydrogen-bond acceptors (Lipinski definition) is 1. The van der Waals surface area contributed by atoms with E-state index >= 15 is 0 Å². The zero-order valence-corrected chi connectivity index (χ0v) is 42.4. The zero-order chi connectivity index (χ0) is 46.6. The molecule has 338 valence electrons. The number of likely N-dealkylation sites (tertiary alicyclic amines) is 1. The van der Waals surface area contributed by atoms with E-state index in [1.165, 1.54) is 54.2 Å². The van der Waals surface area contributed by atoms with Crippen molar-refractivity contribution < 1.29 is 23.0 Å². The summed E-state index contributed by atoms with van der Waals surface area (Å²) < 4.78 is 0. The van der Waals surface area contributed by atoms with E-state index in [0.29, 0.717) is 0 Å². The maximum Gasteiger partial charge on any atom is -0.0134 e. The van der Waals surface area contributed by atoms with E-state index in [1.54, 1.807) is 4.90 Å². The van der Waals surface area contributed by atoms with Crippen LogP contribution in [0.15, 0.2) is 273 Å². The molecule has 1 fully saturated rings. The van der Waals surface area contributed by atoms with Gasteiger partial charge in [-0.15, -0.1) is 0 Å². The standard InChI is InChI=1S/3C18H15P.C6H10NO.ClH.Pd/c3*1-4-10-16(11-5-1)19(17-12-6-2-7-13-17)18-14-8-3-9-15-18;8-6-7-4-2-1-3-5-7;;/h3*1-15H;1-5H2;1H;/q;;;-1;;+2/p-1. The quantitative estimate of drug-likeness (QED) is 0.0759. The van der Waals surface area contributed by atoms with Crippen LogP contribution in [-0.4, -0.2) is 24.4 Å². The van der Waals surface area contributed by atoms with Crippen LogP contribution >= 0.6 is 33.3 Å². The molecular formula is C60H55ClNOP3Pd. The molecule has 0 bridgehead atoms. The Balaban J connectivity index is 0.000000151. The first-order valence-electron chi connectivity index (χ1n) is 22.4. The minimum atomic E-state index is -0.446. The molecule has 9 aromatic rings. The van der Waals surface area contributed by atoms with E-state index in [2.05, 4.69) is 301 Å². The Hall–Kier alpha value is -5.31. The Bertz CT molecular complexity index is 2070. The second-order valence-corrected chi connectivity index (χ2v) is 21.8. The van der Waals surface area contributed by atoms with E-state index < -0.39 is 23.8 Å². The molecule has 0 atom stereocenters. The minimum Gasteiger partial charge on any atom is -0.0622 e. The molecule has 0 spiro atoms. The topological polar surface area (TPSA) is 20.3 Å². The van der Waals surface area contributed by atoms with Gasteiger partial charge in [-0.05, 0) is 97.4 Å². The van der Waals surface area contributed by atoms with Gasteiger partial charge in [-0.25, -0.2) is 0 Å². The average Bonchev–Trinajstić information content (AvgIpc) is 3.43. The molecule has 7 heteroatoms. The molecule has 0 aromatic heterocycles. The summed E-state index contributed by atoms with van der Waals surface area (Å²) in [5.41, 5.74) is 0. The normalized spacial score (nSPS) is 11.6. The maximum atomic E-state index is 9.96. The van der Waals surface area contributed by atoms with Crippen molar-refractivity contribution in [1.82, 2.24) is 4.90 Å². The van der Waals surface area contributed by atoms with Crippen molar-refractivity contribution in [3.05, 3.63) is 273 Å². The third-order valence-electron chi connectivity index (χ3n) is 10.6. The molecule has 9 aromatic carbocycles. The Morgan fingerprint density at radius 2 is 0.433 bits per heavy atom. The second-order valence-electron chi connectivity index (χ2n) is 15.2. The van der Waals surface area contributed by atoms with Gasteiger partial charge in [0.1, 0.15) is 0 Å². The van der Waals surface area contributed by atoms with Gasteiger partial charge in [-0.3, -0.25) is 0 Å².